The number of benzene rings is 2. The highest BCUT2D eigenvalue weighted by Gasteiger charge is 2.18. The molecule has 1 amide bonds. The molecule has 0 radical (unpaired) electrons. The number of nitrogens with zero attached hydrogens (tertiary/aromatic N) is 1. The van der Waals surface area contributed by atoms with Crippen LogP contribution in [0.5, 0.6) is 0 Å². The minimum atomic E-state index is -0.960. The highest BCUT2D eigenvalue weighted by molar-refractivity contribution is 6.31. The fourth-order valence-electron chi connectivity index (χ4n) is 2.26. The van der Waals surface area contributed by atoms with Crippen molar-refractivity contribution in [3.63, 3.8) is 0 Å². The summed E-state index contributed by atoms with van der Waals surface area (Å²) in [7, 11) is 0. The Balaban J connectivity index is 2.49. The summed E-state index contributed by atoms with van der Waals surface area (Å²) in [5.41, 5.74) is 2.20. The van der Waals surface area contributed by atoms with E-state index in [0.717, 1.165) is 11.1 Å². The quantitative estimate of drug-likeness (QED) is 0.863. The Labute approximate surface area is 144 Å². The fraction of sp³-hybridized carbons (Fsp3) is 0.176. The van der Waals surface area contributed by atoms with E-state index in [1.54, 1.807) is 30.3 Å². The van der Waals surface area contributed by atoms with Crippen molar-refractivity contribution in [1.29, 1.82) is 0 Å². The lowest BCUT2D eigenvalue weighted by Gasteiger charge is -2.24. The molecule has 0 atom stereocenters. The summed E-state index contributed by atoms with van der Waals surface area (Å²) in [6.07, 6.45) is -0.137. The number of carbonyl (C=O) groups is 2. The number of anilines is 1. The largest absolute Gasteiger partial charge is 0.481 e. The van der Waals surface area contributed by atoms with E-state index in [9.17, 15) is 9.59 Å². The average molecular weight is 352 g/mol. The maximum atomic E-state index is 12.0. The SMILES string of the molecule is CC(=O)N(CCC(=O)O)c1ccc(Cl)cc1-c1ccc(Cl)cc1. The van der Waals surface area contributed by atoms with Crippen molar-refractivity contribution in [1.82, 2.24) is 0 Å². The number of rotatable bonds is 5. The van der Waals surface area contributed by atoms with Gasteiger partial charge < -0.3 is 10.0 Å². The Kier molecular flexibility index (Phi) is 5.64. The molecule has 0 fully saturated rings. The molecule has 0 bridgehead atoms. The minimum Gasteiger partial charge on any atom is -0.481 e. The zero-order chi connectivity index (χ0) is 17.0. The maximum absolute atomic E-state index is 12.0. The number of hydrogen-bond acceptors (Lipinski definition) is 2. The molecule has 120 valence electrons. The molecule has 6 heteroatoms. The van der Waals surface area contributed by atoms with E-state index in [1.807, 2.05) is 12.1 Å². The Morgan fingerprint density at radius 1 is 1.04 bits per heavy atom. The van der Waals surface area contributed by atoms with Gasteiger partial charge in [-0.2, -0.15) is 0 Å². The van der Waals surface area contributed by atoms with Crippen LogP contribution in [0.1, 0.15) is 13.3 Å². The number of aliphatic carboxylic acids is 1. The Morgan fingerprint density at radius 3 is 2.22 bits per heavy atom. The van der Waals surface area contributed by atoms with Crippen LogP contribution in [0, 0.1) is 0 Å². The molecular formula is C17H15Cl2NO3. The van der Waals surface area contributed by atoms with Crippen molar-refractivity contribution in [2.75, 3.05) is 11.4 Å². The number of halogens is 2. The second-order valence-electron chi connectivity index (χ2n) is 4.98. The lowest BCUT2D eigenvalue weighted by molar-refractivity contribution is -0.136. The van der Waals surface area contributed by atoms with Gasteiger partial charge in [0.15, 0.2) is 0 Å². The normalized spacial score (nSPS) is 10.4. The highest BCUT2D eigenvalue weighted by atomic mass is 35.5. The van der Waals surface area contributed by atoms with Crippen LogP contribution < -0.4 is 4.90 Å². The first-order chi connectivity index (χ1) is 10.9. The van der Waals surface area contributed by atoms with Crippen molar-refractivity contribution in [2.45, 2.75) is 13.3 Å². The molecule has 0 aliphatic heterocycles. The molecule has 4 nitrogen and oxygen atoms in total. The molecule has 0 saturated carbocycles. The van der Waals surface area contributed by atoms with Gasteiger partial charge in [0, 0.05) is 29.1 Å². The van der Waals surface area contributed by atoms with Crippen molar-refractivity contribution in [3.8, 4) is 11.1 Å². The smallest absolute Gasteiger partial charge is 0.305 e. The van der Waals surface area contributed by atoms with Crippen LogP contribution in [0.25, 0.3) is 11.1 Å². The van der Waals surface area contributed by atoms with Gasteiger partial charge in [-0.15, -0.1) is 0 Å². The number of hydrogen-bond donors (Lipinski definition) is 1. The summed E-state index contributed by atoms with van der Waals surface area (Å²) >= 11 is 12.0. The first kappa shape index (κ1) is 17.3. The van der Waals surface area contributed by atoms with Crippen molar-refractivity contribution >= 4 is 40.8 Å². The predicted octanol–water partition coefficient (Wildman–Crippen LogP) is 4.49. The topological polar surface area (TPSA) is 57.6 Å². The summed E-state index contributed by atoms with van der Waals surface area (Å²) in [4.78, 5) is 24.2. The first-order valence-corrected chi connectivity index (χ1v) is 7.69. The van der Waals surface area contributed by atoms with Crippen molar-refractivity contribution in [3.05, 3.63) is 52.5 Å². The zero-order valence-corrected chi connectivity index (χ0v) is 13.9. The molecule has 0 aliphatic rings. The maximum Gasteiger partial charge on any atom is 0.305 e. The van der Waals surface area contributed by atoms with Gasteiger partial charge >= 0.3 is 5.97 Å². The molecule has 0 heterocycles. The van der Waals surface area contributed by atoms with E-state index < -0.39 is 5.97 Å². The van der Waals surface area contributed by atoms with E-state index in [4.69, 9.17) is 28.3 Å². The summed E-state index contributed by atoms with van der Waals surface area (Å²) in [6, 6.07) is 12.3. The minimum absolute atomic E-state index is 0.0902. The van der Waals surface area contributed by atoms with Crippen LogP contribution in [0.2, 0.25) is 10.0 Å². The third-order valence-corrected chi connectivity index (χ3v) is 3.82. The van der Waals surface area contributed by atoms with Gasteiger partial charge in [-0.25, -0.2) is 0 Å². The van der Waals surface area contributed by atoms with Crippen LogP contribution in [0.3, 0.4) is 0 Å². The third-order valence-electron chi connectivity index (χ3n) is 3.33. The van der Waals surface area contributed by atoms with Crippen LogP contribution in [-0.2, 0) is 9.59 Å². The van der Waals surface area contributed by atoms with Crippen LogP contribution in [0.15, 0.2) is 42.5 Å². The second-order valence-corrected chi connectivity index (χ2v) is 5.86. The van der Waals surface area contributed by atoms with Crippen LogP contribution in [-0.4, -0.2) is 23.5 Å². The second kappa shape index (κ2) is 7.49. The van der Waals surface area contributed by atoms with Gasteiger partial charge in [-0.05, 0) is 35.9 Å². The molecule has 1 N–H and O–H groups in total. The monoisotopic (exact) mass is 351 g/mol. The molecular weight excluding hydrogens is 337 g/mol. The molecule has 0 spiro atoms. The Morgan fingerprint density at radius 2 is 1.65 bits per heavy atom. The first-order valence-electron chi connectivity index (χ1n) is 6.94. The van der Waals surface area contributed by atoms with Crippen LogP contribution in [0.4, 0.5) is 5.69 Å². The van der Waals surface area contributed by atoms with Gasteiger partial charge in [-0.1, -0.05) is 35.3 Å². The summed E-state index contributed by atoms with van der Waals surface area (Å²) < 4.78 is 0. The standard InChI is InChI=1S/C17H15Cl2NO3/c1-11(21)20(9-8-17(22)23)16-7-6-14(19)10-15(16)12-2-4-13(18)5-3-12/h2-7,10H,8-9H2,1H3,(H,22,23). The van der Waals surface area contributed by atoms with Crippen molar-refractivity contribution < 1.29 is 14.7 Å². The van der Waals surface area contributed by atoms with E-state index in [2.05, 4.69) is 0 Å². The van der Waals surface area contributed by atoms with Gasteiger partial charge in [0.1, 0.15) is 0 Å². The number of carbonyl (C=O) groups excluding carboxylic acids is 1. The fourth-order valence-corrected chi connectivity index (χ4v) is 2.56. The molecule has 2 aromatic carbocycles. The molecule has 0 aliphatic carbocycles. The zero-order valence-electron chi connectivity index (χ0n) is 12.4. The lowest BCUT2D eigenvalue weighted by Crippen LogP contribution is -2.31. The highest BCUT2D eigenvalue weighted by Crippen LogP contribution is 2.34. The van der Waals surface area contributed by atoms with E-state index in [1.165, 1.54) is 11.8 Å². The van der Waals surface area contributed by atoms with Gasteiger partial charge in [-0.3, -0.25) is 9.59 Å². The van der Waals surface area contributed by atoms with E-state index in [-0.39, 0.29) is 18.9 Å². The van der Waals surface area contributed by atoms with E-state index in [0.29, 0.717) is 15.7 Å². The molecule has 23 heavy (non-hydrogen) atoms. The van der Waals surface area contributed by atoms with Gasteiger partial charge in [0.05, 0.1) is 12.1 Å². The third kappa shape index (κ3) is 4.47. The molecule has 0 unspecified atom stereocenters. The average Bonchev–Trinajstić information content (AvgIpc) is 2.49. The van der Waals surface area contributed by atoms with E-state index >= 15 is 0 Å². The Bertz CT molecular complexity index is 729. The molecule has 2 rings (SSSR count). The summed E-state index contributed by atoms with van der Waals surface area (Å²) in [5.74, 6) is -1.19. The summed E-state index contributed by atoms with van der Waals surface area (Å²) in [6.45, 7) is 1.50. The van der Waals surface area contributed by atoms with Crippen molar-refractivity contribution in [2.24, 2.45) is 0 Å². The lowest BCUT2D eigenvalue weighted by atomic mass is 10.0. The molecule has 0 saturated heterocycles. The van der Waals surface area contributed by atoms with Crippen LogP contribution >= 0.6 is 23.2 Å². The predicted molar refractivity (Wildman–Crippen MR) is 92.2 cm³/mol. The Hall–Kier alpha value is -2.04. The van der Waals surface area contributed by atoms with Gasteiger partial charge in [0.2, 0.25) is 5.91 Å². The molecule has 0 aromatic heterocycles. The summed E-state index contributed by atoms with van der Waals surface area (Å²) in [5, 5.41) is 10.0. The number of carboxylic acid groups (broad SMARTS) is 1. The molecule has 2 aromatic rings. The van der Waals surface area contributed by atoms with Gasteiger partial charge in [0.25, 0.3) is 0 Å². The number of amides is 1. The number of carboxylic acids is 1.